The quantitative estimate of drug-likeness (QED) is 0.650. The fourth-order valence-corrected chi connectivity index (χ4v) is 1.35. The average Bonchev–Trinajstić information content (AvgIpc) is 2.46. The smallest absolute Gasteiger partial charge is 0.373 e. The maximum Gasteiger partial charge on any atom is 0.373 e. The van der Waals surface area contributed by atoms with Crippen LogP contribution in [-0.2, 0) is 20.9 Å². The number of rotatable bonds is 5. The Labute approximate surface area is 114 Å². The molecule has 1 aromatic rings. The summed E-state index contributed by atoms with van der Waals surface area (Å²) in [5.74, 6) is -0.961. The molecule has 0 amide bonds. The number of ether oxygens (including phenoxy) is 1. The second-order valence-electron chi connectivity index (χ2n) is 4.20. The summed E-state index contributed by atoms with van der Waals surface area (Å²) < 4.78 is 5.04. The molecule has 1 rings (SSSR count). The molecule has 0 aliphatic rings. The van der Waals surface area contributed by atoms with E-state index in [1.165, 1.54) is 0 Å². The number of quaternary nitrogens is 1. The topological polar surface area (TPSA) is 71.0 Å². The zero-order valence-electron chi connectivity index (χ0n) is 12.2. The molecule has 0 aromatic heterocycles. The first-order valence-electron chi connectivity index (χ1n) is 6.59. The predicted octanol–water partition coefficient (Wildman–Crippen LogP) is 1.59. The molecule has 4 nitrogen and oxygen atoms in total. The predicted molar refractivity (Wildman–Crippen MR) is 74.1 cm³/mol. The highest BCUT2D eigenvalue weighted by Crippen LogP contribution is 2.03. The van der Waals surface area contributed by atoms with Crippen LogP contribution in [-0.4, -0.2) is 17.8 Å². The third-order valence-electron chi connectivity index (χ3n) is 2.42. The zero-order valence-corrected chi connectivity index (χ0v) is 12.2. The van der Waals surface area contributed by atoms with Crippen LogP contribution in [0.3, 0.4) is 0 Å². The molecule has 0 radical (unpaired) electrons. The Morgan fingerprint density at radius 3 is 2.16 bits per heavy atom. The molecule has 0 aliphatic heterocycles. The van der Waals surface area contributed by atoms with Crippen molar-refractivity contribution in [2.24, 2.45) is 5.92 Å². The molecule has 1 aromatic carbocycles. The van der Waals surface area contributed by atoms with Gasteiger partial charge in [-0.05, 0) is 5.56 Å². The summed E-state index contributed by atoms with van der Waals surface area (Å²) in [5, 5.41) is 0. The van der Waals surface area contributed by atoms with E-state index in [0.29, 0.717) is 0 Å². The van der Waals surface area contributed by atoms with Crippen LogP contribution in [0.5, 0.6) is 0 Å². The molecule has 3 N–H and O–H groups in total. The summed E-state index contributed by atoms with van der Waals surface area (Å²) in [7, 11) is 0. The molecule has 0 fully saturated rings. The second kappa shape index (κ2) is 9.28. The Bertz CT molecular complexity index is 388. The van der Waals surface area contributed by atoms with E-state index in [0.717, 1.165) is 5.56 Å². The van der Waals surface area contributed by atoms with Gasteiger partial charge in [0, 0.05) is 5.92 Å². The Morgan fingerprint density at radius 1 is 1.16 bits per heavy atom. The fourth-order valence-electron chi connectivity index (χ4n) is 1.35. The summed E-state index contributed by atoms with van der Waals surface area (Å²) in [6.07, 6.45) is 0. The summed E-state index contributed by atoms with van der Waals surface area (Å²) in [6, 6.07) is 8.40. The van der Waals surface area contributed by atoms with Gasteiger partial charge in [-0.3, -0.25) is 4.79 Å². The van der Waals surface area contributed by atoms with Gasteiger partial charge < -0.3 is 10.5 Å². The summed E-state index contributed by atoms with van der Waals surface area (Å²) in [5.41, 5.74) is 4.44. The van der Waals surface area contributed by atoms with Crippen molar-refractivity contribution in [1.29, 1.82) is 0 Å². The number of ketones is 1. The average molecular weight is 266 g/mol. The highest BCUT2D eigenvalue weighted by atomic mass is 16.5. The number of Topliss-reactive ketones (excluding diaryl/α,β-unsaturated/α-hetero) is 1. The lowest BCUT2D eigenvalue weighted by atomic mass is 10.0. The molecule has 4 heteroatoms. The molecule has 0 spiro atoms. The maximum atomic E-state index is 11.6. The molecule has 0 aliphatic carbocycles. The van der Waals surface area contributed by atoms with Gasteiger partial charge in [0.15, 0.2) is 0 Å². The van der Waals surface area contributed by atoms with Gasteiger partial charge in [-0.1, -0.05) is 58.0 Å². The van der Waals surface area contributed by atoms with E-state index in [2.05, 4.69) is 5.73 Å². The van der Waals surface area contributed by atoms with Gasteiger partial charge in [-0.2, -0.15) is 0 Å². The minimum atomic E-state index is -0.932. The van der Waals surface area contributed by atoms with Gasteiger partial charge >= 0.3 is 5.97 Å². The van der Waals surface area contributed by atoms with Crippen LogP contribution >= 0.6 is 0 Å². The number of hydrogen-bond acceptors (Lipinski definition) is 3. The summed E-state index contributed by atoms with van der Waals surface area (Å²) in [4.78, 5) is 23.1. The molecule has 1 unspecified atom stereocenters. The van der Waals surface area contributed by atoms with E-state index in [-0.39, 0.29) is 18.3 Å². The Hall–Kier alpha value is -1.68. The first-order valence-corrected chi connectivity index (χ1v) is 6.59. The standard InChI is InChI=1S/C13H17NO3.C2H6/c1-9(2)12(15)11(14)13(16)17-8-10-6-4-3-5-7-10;1-2/h3-7,9,11H,8,14H2,1-2H3;1-2H3/p+1. The maximum absolute atomic E-state index is 11.6. The van der Waals surface area contributed by atoms with Gasteiger partial charge in [-0.15, -0.1) is 0 Å². The molecule has 19 heavy (non-hydrogen) atoms. The number of carbonyl (C=O) groups excluding carboxylic acids is 2. The van der Waals surface area contributed by atoms with Crippen molar-refractivity contribution in [3.63, 3.8) is 0 Å². The van der Waals surface area contributed by atoms with Crippen molar-refractivity contribution in [2.45, 2.75) is 40.3 Å². The number of carbonyl (C=O) groups is 2. The third kappa shape index (κ3) is 6.15. The number of esters is 1. The van der Waals surface area contributed by atoms with Crippen molar-refractivity contribution in [3.05, 3.63) is 35.9 Å². The van der Waals surface area contributed by atoms with Crippen LogP contribution in [0.25, 0.3) is 0 Å². The molecule has 0 saturated carbocycles. The second-order valence-corrected chi connectivity index (χ2v) is 4.20. The van der Waals surface area contributed by atoms with Crippen LogP contribution in [0, 0.1) is 5.92 Å². The van der Waals surface area contributed by atoms with Crippen LogP contribution in [0.15, 0.2) is 30.3 Å². The normalized spacial score (nSPS) is 11.3. The number of benzene rings is 1. The van der Waals surface area contributed by atoms with Crippen LogP contribution < -0.4 is 5.73 Å². The largest absolute Gasteiger partial charge is 0.456 e. The zero-order chi connectivity index (χ0) is 14.8. The highest BCUT2D eigenvalue weighted by molar-refractivity contribution is 6.02. The Morgan fingerprint density at radius 2 is 1.68 bits per heavy atom. The molecule has 0 saturated heterocycles. The van der Waals surface area contributed by atoms with Crippen LogP contribution in [0.2, 0.25) is 0 Å². The Kier molecular flexibility index (Phi) is 8.46. The van der Waals surface area contributed by atoms with Crippen molar-refractivity contribution in [3.8, 4) is 0 Å². The van der Waals surface area contributed by atoms with Crippen molar-refractivity contribution >= 4 is 11.8 Å². The van der Waals surface area contributed by atoms with E-state index in [9.17, 15) is 9.59 Å². The fraction of sp³-hybridized carbons (Fsp3) is 0.467. The van der Waals surface area contributed by atoms with Crippen LogP contribution in [0.4, 0.5) is 0 Å². The van der Waals surface area contributed by atoms with Gasteiger partial charge in [0.1, 0.15) is 6.61 Å². The summed E-state index contributed by atoms with van der Waals surface area (Å²) in [6.45, 7) is 7.66. The first kappa shape index (κ1) is 17.3. The van der Waals surface area contributed by atoms with E-state index >= 15 is 0 Å². The lowest BCUT2D eigenvalue weighted by Gasteiger charge is -2.10. The van der Waals surface area contributed by atoms with Gasteiger partial charge in [-0.25, -0.2) is 4.79 Å². The van der Waals surface area contributed by atoms with Gasteiger partial charge in [0.2, 0.25) is 11.8 Å². The van der Waals surface area contributed by atoms with Gasteiger partial charge in [0.25, 0.3) is 0 Å². The Balaban J connectivity index is 0.00000154. The molecule has 106 valence electrons. The minimum absolute atomic E-state index is 0.178. The van der Waals surface area contributed by atoms with Crippen molar-refractivity contribution in [2.75, 3.05) is 0 Å². The van der Waals surface area contributed by atoms with Gasteiger partial charge in [0.05, 0.1) is 0 Å². The molecule has 0 heterocycles. The monoisotopic (exact) mass is 266 g/mol. The lowest BCUT2D eigenvalue weighted by Crippen LogP contribution is -2.69. The van der Waals surface area contributed by atoms with Crippen molar-refractivity contribution < 1.29 is 20.1 Å². The number of hydrogen-bond donors (Lipinski definition) is 1. The molecular weight excluding hydrogens is 242 g/mol. The van der Waals surface area contributed by atoms with Crippen LogP contribution in [0.1, 0.15) is 33.3 Å². The molecule has 0 bridgehead atoms. The van der Waals surface area contributed by atoms with E-state index in [1.807, 2.05) is 44.2 Å². The molecular formula is C15H24NO3+. The highest BCUT2D eigenvalue weighted by Gasteiger charge is 2.29. The van der Waals surface area contributed by atoms with E-state index in [4.69, 9.17) is 4.74 Å². The van der Waals surface area contributed by atoms with E-state index < -0.39 is 12.0 Å². The SMILES string of the molecule is CC.CC(C)C(=O)C([NH3+])C(=O)OCc1ccccc1. The van der Waals surface area contributed by atoms with E-state index in [1.54, 1.807) is 13.8 Å². The summed E-state index contributed by atoms with van der Waals surface area (Å²) >= 11 is 0. The first-order chi connectivity index (χ1) is 9.02. The minimum Gasteiger partial charge on any atom is -0.456 e. The third-order valence-corrected chi connectivity index (χ3v) is 2.42. The molecule has 1 atom stereocenters. The lowest BCUT2D eigenvalue weighted by molar-refractivity contribution is -0.394. The van der Waals surface area contributed by atoms with Crippen molar-refractivity contribution in [1.82, 2.24) is 0 Å².